The molecular weight excluding hydrogens is 314 g/mol. The number of aromatic nitrogens is 2. The first-order valence-corrected chi connectivity index (χ1v) is 8.04. The van der Waals surface area contributed by atoms with Crippen LogP contribution in [0.25, 0.3) is 0 Å². The lowest BCUT2D eigenvalue weighted by Gasteiger charge is -2.20. The Balaban J connectivity index is 2.12. The summed E-state index contributed by atoms with van der Waals surface area (Å²) in [6, 6.07) is 11.0. The lowest BCUT2D eigenvalue weighted by molar-refractivity contribution is 0.465. The smallest absolute Gasteiger partial charge is 0.0695 e. The van der Waals surface area contributed by atoms with Crippen molar-refractivity contribution in [3.8, 4) is 0 Å². The fraction of sp³-hybridized carbons (Fsp3) is 0.438. The first kappa shape index (κ1) is 15.3. The summed E-state index contributed by atoms with van der Waals surface area (Å²) < 4.78 is 3.17. The van der Waals surface area contributed by atoms with Gasteiger partial charge in [0.2, 0.25) is 0 Å². The molecule has 0 amide bonds. The van der Waals surface area contributed by atoms with Crippen molar-refractivity contribution in [3.63, 3.8) is 0 Å². The Morgan fingerprint density at radius 1 is 1.25 bits per heavy atom. The largest absolute Gasteiger partial charge is 0.309 e. The van der Waals surface area contributed by atoms with Crippen LogP contribution in [0.3, 0.4) is 0 Å². The number of benzene rings is 1. The van der Waals surface area contributed by atoms with Gasteiger partial charge in [-0.15, -0.1) is 0 Å². The van der Waals surface area contributed by atoms with Crippen molar-refractivity contribution in [1.82, 2.24) is 15.1 Å². The second-order valence-electron chi connectivity index (χ2n) is 4.83. The van der Waals surface area contributed by atoms with E-state index in [9.17, 15) is 0 Å². The highest BCUT2D eigenvalue weighted by Crippen LogP contribution is 2.26. The average Bonchev–Trinajstić information content (AvgIpc) is 2.85. The van der Waals surface area contributed by atoms with Gasteiger partial charge in [0.25, 0.3) is 0 Å². The van der Waals surface area contributed by atoms with Crippen molar-refractivity contribution < 1.29 is 0 Å². The maximum Gasteiger partial charge on any atom is 0.0695 e. The molecule has 0 aliphatic rings. The first-order chi connectivity index (χ1) is 9.76. The Bertz CT molecular complexity index is 522. The normalized spacial score (nSPS) is 12.6. The molecule has 20 heavy (non-hydrogen) atoms. The lowest BCUT2D eigenvalue weighted by atomic mass is 10.0. The third-order valence-electron chi connectivity index (χ3n) is 3.48. The molecule has 0 bridgehead atoms. The van der Waals surface area contributed by atoms with E-state index in [1.165, 1.54) is 11.3 Å². The zero-order valence-electron chi connectivity index (χ0n) is 12.1. The van der Waals surface area contributed by atoms with Crippen LogP contribution in [0.2, 0.25) is 0 Å². The van der Waals surface area contributed by atoms with Gasteiger partial charge in [0.15, 0.2) is 0 Å². The van der Waals surface area contributed by atoms with Gasteiger partial charge in [-0.3, -0.25) is 4.68 Å². The van der Waals surface area contributed by atoms with Gasteiger partial charge in [0.05, 0.1) is 22.4 Å². The molecule has 3 nitrogen and oxygen atoms in total. The van der Waals surface area contributed by atoms with Crippen molar-refractivity contribution >= 4 is 15.9 Å². The van der Waals surface area contributed by atoms with E-state index < -0.39 is 0 Å². The highest BCUT2D eigenvalue weighted by molar-refractivity contribution is 9.10. The summed E-state index contributed by atoms with van der Waals surface area (Å²) in [4.78, 5) is 0. The van der Waals surface area contributed by atoms with Gasteiger partial charge in [-0.05, 0) is 47.8 Å². The molecule has 1 aromatic heterocycles. The molecule has 0 radical (unpaired) electrons. The maximum atomic E-state index is 4.42. The summed E-state index contributed by atoms with van der Waals surface area (Å²) in [5.74, 6) is 0. The molecule has 2 aromatic rings. The highest BCUT2D eigenvalue weighted by Gasteiger charge is 2.18. The van der Waals surface area contributed by atoms with Crippen LogP contribution in [-0.2, 0) is 13.0 Å². The molecule has 1 atom stereocenters. The number of nitrogens with one attached hydrogen (secondary N) is 1. The second kappa shape index (κ2) is 7.60. The summed E-state index contributed by atoms with van der Waals surface area (Å²) in [7, 11) is 0. The third kappa shape index (κ3) is 3.70. The first-order valence-electron chi connectivity index (χ1n) is 7.24. The third-order valence-corrected chi connectivity index (χ3v) is 4.09. The van der Waals surface area contributed by atoms with Crippen LogP contribution in [0.15, 0.2) is 41.0 Å². The van der Waals surface area contributed by atoms with Gasteiger partial charge in [-0.1, -0.05) is 37.3 Å². The molecule has 1 N–H and O–H groups in total. The van der Waals surface area contributed by atoms with E-state index in [0.29, 0.717) is 6.04 Å². The molecule has 0 aliphatic carbocycles. The lowest BCUT2D eigenvalue weighted by Crippen LogP contribution is -2.24. The maximum absolute atomic E-state index is 4.42. The predicted octanol–water partition coefficient (Wildman–Crippen LogP) is 3.95. The molecule has 2 rings (SSSR count). The molecule has 0 saturated heterocycles. The summed E-state index contributed by atoms with van der Waals surface area (Å²) in [6.45, 7) is 6.13. The molecule has 0 aliphatic heterocycles. The van der Waals surface area contributed by atoms with Crippen molar-refractivity contribution in [1.29, 1.82) is 0 Å². The molecule has 108 valence electrons. The van der Waals surface area contributed by atoms with Crippen molar-refractivity contribution in [2.75, 3.05) is 6.54 Å². The Kier molecular flexibility index (Phi) is 5.80. The number of halogens is 1. The Labute approximate surface area is 129 Å². The summed E-state index contributed by atoms with van der Waals surface area (Å²) in [5, 5.41) is 8.00. The fourth-order valence-electron chi connectivity index (χ4n) is 2.51. The number of hydrogen-bond acceptors (Lipinski definition) is 2. The minimum Gasteiger partial charge on any atom is -0.309 e. The molecule has 0 saturated carbocycles. The molecule has 1 unspecified atom stereocenters. The highest BCUT2D eigenvalue weighted by atomic mass is 79.9. The van der Waals surface area contributed by atoms with Crippen molar-refractivity contribution in [3.05, 3.63) is 52.3 Å². The van der Waals surface area contributed by atoms with E-state index in [0.717, 1.165) is 30.4 Å². The van der Waals surface area contributed by atoms with Crippen LogP contribution >= 0.6 is 15.9 Å². The quantitative estimate of drug-likeness (QED) is 0.830. The van der Waals surface area contributed by atoms with Crippen LogP contribution in [0.4, 0.5) is 0 Å². The standard InChI is InChI=1S/C16H22BrN3/c1-3-18-15(11-10-13-8-6-5-7-9-13)16-14(17)12-19-20(16)4-2/h5-9,12,15,18H,3-4,10-11H2,1-2H3. The van der Waals surface area contributed by atoms with Gasteiger partial charge in [0.1, 0.15) is 0 Å². The minimum atomic E-state index is 0.331. The zero-order valence-corrected chi connectivity index (χ0v) is 13.7. The molecule has 0 spiro atoms. The van der Waals surface area contributed by atoms with E-state index in [1.807, 2.05) is 6.20 Å². The Morgan fingerprint density at radius 2 is 2.00 bits per heavy atom. The van der Waals surface area contributed by atoms with E-state index in [4.69, 9.17) is 0 Å². The molecule has 0 fully saturated rings. The van der Waals surface area contributed by atoms with Gasteiger partial charge in [-0.2, -0.15) is 5.10 Å². The van der Waals surface area contributed by atoms with E-state index in [1.54, 1.807) is 0 Å². The Morgan fingerprint density at radius 3 is 2.65 bits per heavy atom. The molecular formula is C16H22BrN3. The van der Waals surface area contributed by atoms with Gasteiger partial charge >= 0.3 is 0 Å². The molecule has 4 heteroatoms. The number of nitrogens with zero attached hydrogens (tertiary/aromatic N) is 2. The fourth-order valence-corrected chi connectivity index (χ4v) is 3.08. The number of aryl methyl sites for hydroxylation is 2. The SMILES string of the molecule is CCNC(CCc1ccccc1)c1c(Br)cnn1CC. The van der Waals surface area contributed by atoms with E-state index >= 15 is 0 Å². The monoisotopic (exact) mass is 335 g/mol. The van der Waals surface area contributed by atoms with Crippen LogP contribution in [0, 0.1) is 0 Å². The second-order valence-corrected chi connectivity index (χ2v) is 5.68. The van der Waals surface area contributed by atoms with Crippen LogP contribution in [0.1, 0.15) is 37.6 Å². The van der Waals surface area contributed by atoms with Crippen LogP contribution in [-0.4, -0.2) is 16.3 Å². The average molecular weight is 336 g/mol. The van der Waals surface area contributed by atoms with Gasteiger partial charge in [0, 0.05) is 6.54 Å². The summed E-state index contributed by atoms with van der Waals surface area (Å²) in [6.07, 6.45) is 4.04. The van der Waals surface area contributed by atoms with Crippen LogP contribution in [0.5, 0.6) is 0 Å². The van der Waals surface area contributed by atoms with E-state index in [-0.39, 0.29) is 0 Å². The zero-order chi connectivity index (χ0) is 14.4. The molecule has 1 aromatic carbocycles. The Hall–Kier alpha value is -1.13. The van der Waals surface area contributed by atoms with Crippen molar-refractivity contribution in [2.45, 2.75) is 39.3 Å². The van der Waals surface area contributed by atoms with Gasteiger partial charge < -0.3 is 5.32 Å². The van der Waals surface area contributed by atoms with E-state index in [2.05, 4.69) is 75.2 Å². The minimum absolute atomic E-state index is 0.331. The topological polar surface area (TPSA) is 29.9 Å². The van der Waals surface area contributed by atoms with Gasteiger partial charge in [-0.25, -0.2) is 0 Å². The summed E-state index contributed by atoms with van der Waals surface area (Å²) >= 11 is 3.63. The predicted molar refractivity (Wildman–Crippen MR) is 86.8 cm³/mol. The van der Waals surface area contributed by atoms with Crippen molar-refractivity contribution in [2.24, 2.45) is 0 Å². The number of rotatable bonds is 7. The molecule has 1 heterocycles. The van der Waals surface area contributed by atoms with Crippen LogP contribution < -0.4 is 5.32 Å². The number of hydrogen-bond donors (Lipinski definition) is 1. The summed E-state index contributed by atoms with van der Waals surface area (Å²) in [5.41, 5.74) is 2.64.